The van der Waals surface area contributed by atoms with Crippen molar-refractivity contribution in [1.29, 1.82) is 0 Å². The number of carbonyl (C=O) groups excluding carboxylic acids is 1. The predicted octanol–water partition coefficient (Wildman–Crippen LogP) is 3.13. The van der Waals surface area contributed by atoms with Crippen LogP contribution in [0.15, 0.2) is 29.4 Å². The van der Waals surface area contributed by atoms with Crippen LogP contribution >= 0.6 is 0 Å². The van der Waals surface area contributed by atoms with E-state index in [1.165, 1.54) is 11.1 Å². The van der Waals surface area contributed by atoms with Gasteiger partial charge in [0, 0.05) is 18.8 Å². The van der Waals surface area contributed by atoms with Gasteiger partial charge in [-0.3, -0.25) is 4.79 Å². The van der Waals surface area contributed by atoms with E-state index in [-0.39, 0.29) is 30.8 Å². The average Bonchev–Trinajstić information content (AvgIpc) is 3.16. The topological polar surface area (TPSA) is 140 Å². The second-order valence-corrected chi connectivity index (χ2v) is 9.80. The van der Waals surface area contributed by atoms with Crippen LogP contribution < -0.4 is 0 Å². The molecular formula is C27H43NO7. The summed E-state index contributed by atoms with van der Waals surface area (Å²) in [6.45, 7) is 1.45. The molecule has 0 aromatic heterocycles. The smallest absolute Gasteiger partial charge is 0.305 e. The predicted molar refractivity (Wildman–Crippen MR) is 133 cm³/mol. The first-order valence-corrected chi connectivity index (χ1v) is 12.9. The van der Waals surface area contributed by atoms with E-state index in [9.17, 15) is 25.3 Å². The van der Waals surface area contributed by atoms with E-state index >= 15 is 0 Å². The second-order valence-electron chi connectivity index (χ2n) is 9.80. The van der Waals surface area contributed by atoms with Gasteiger partial charge >= 0.3 is 5.97 Å². The van der Waals surface area contributed by atoms with Gasteiger partial charge in [-0.15, -0.1) is 0 Å². The van der Waals surface area contributed by atoms with Crippen LogP contribution in [0.5, 0.6) is 0 Å². The van der Waals surface area contributed by atoms with Crippen LogP contribution in [-0.4, -0.2) is 68.8 Å². The Kier molecular flexibility index (Phi) is 13.3. The normalized spacial score (nSPS) is 22.9. The van der Waals surface area contributed by atoms with Crippen LogP contribution in [0.1, 0.15) is 75.3 Å². The number of rotatable bonds is 16. The number of nitrogens with zero attached hydrogens (tertiary/aromatic N) is 1. The van der Waals surface area contributed by atoms with E-state index in [1.807, 2.05) is 12.1 Å². The fourth-order valence-corrected chi connectivity index (χ4v) is 4.97. The van der Waals surface area contributed by atoms with Crippen molar-refractivity contribution in [3.63, 3.8) is 0 Å². The fraction of sp³-hybridized carbons (Fsp3) is 0.704. The summed E-state index contributed by atoms with van der Waals surface area (Å²) in [5.41, 5.74) is 3.10. The number of oxime groups is 1. The lowest BCUT2D eigenvalue weighted by Crippen LogP contribution is -2.22. The van der Waals surface area contributed by atoms with Crippen molar-refractivity contribution in [1.82, 2.24) is 0 Å². The lowest BCUT2D eigenvalue weighted by molar-refractivity contribution is -0.147. The average molecular weight is 494 g/mol. The Bertz CT molecular complexity index is 785. The summed E-state index contributed by atoms with van der Waals surface area (Å²) in [5.74, 6) is -0.404. The number of ether oxygens (including phenoxy) is 1. The van der Waals surface area contributed by atoms with Crippen LogP contribution in [0.3, 0.4) is 0 Å². The van der Waals surface area contributed by atoms with E-state index < -0.39 is 24.9 Å². The molecule has 0 spiro atoms. The fourth-order valence-electron chi connectivity index (χ4n) is 4.97. The number of aliphatic hydroxyl groups is 4. The van der Waals surface area contributed by atoms with Crippen molar-refractivity contribution in [2.45, 2.75) is 95.9 Å². The minimum Gasteiger partial charge on any atom is -0.463 e. The van der Waals surface area contributed by atoms with Gasteiger partial charge in [-0.05, 0) is 62.5 Å². The molecule has 8 nitrogen and oxygen atoms in total. The molecule has 1 saturated carbocycles. The highest BCUT2D eigenvalue weighted by Gasteiger charge is 2.39. The molecule has 5 N–H and O–H groups in total. The first-order valence-electron chi connectivity index (χ1n) is 12.9. The second kappa shape index (κ2) is 15.9. The highest BCUT2D eigenvalue weighted by molar-refractivity contribution is 5.89. The highest BCUT2D eigenvalue weighted by Crippen LogP contribution is 2.37. The van der Waals surface area contributed by atoms with Gasteiger partial charge < -0.3 is 30.4 Å². The number of hydrogen-bond donors (Lipinski definition) is 5. The molecule has 1 aromatic carbocycles. The Labute approximate surface area is 208 Å². The van der Waals surface area contributed by atoms with Crippen molar-refractivity contribution in [3.05, 3.63) is 35.4 Å². The van der Waals surface area contributed by atoms with Crippen molar-refractivity contribution < 1.29 is 35.2 Å². The van der Waals surface area contributed by atoms with E-state index in [1.54, 1.807) is 0 Å². The van der Waals surface area contributed by atoms with Gasteiger partial charge in [0.25, 0.3) is 0 Å². The maximum atomic E-state index is 11.6. The summed E-state index contributed by atoms with van der Waals surface area (Å²) in [5, 5.41) is 51.9. The lowest BCUT2D eigenvalue weighted by atomic mass is 9.84. The third kappa shape index (κ3) is 10.3. The first-order chi connectivity index (χ1) is 16.8. The highest BCUT2D eigenvalue weighted by atomic mass is 16.5. The molecule has 1 aliphatic rings. The molecule has 35 heavy (non-hydrogen) atoms. The Morgan fingerprint density at radius 2 is 1.83 bits per heavy atom. The van der Waals surface area contributed by atoms with Gasteiger partial charge in [0.05, 0.1) is 24.5 Å². The molecule has 0 radical (unpaired) electrons. The number of unbranched alkanes of at least 4 members (excludes halogenated alkanes) is 3. The van der Waals surface area contributed by atoms with E-state index in [0.717, 1.165) is 32.1 Å². The van der Waals surface area contributed by atoms with Crippen molar-refractivity contribution >= 4 is 11.7 Å². The zero-order chi connectivity index (χ0) is 25.6. The molecule has 1 aromatic rings. The molecule has 8 heteroatoms. The number of carbonyl (C=O) groups is 1. The zero-order valence-electron chi connectivity index (χ0n) is 20.9. The molecule has 0 saturated heterocycles. The van der Waals surface area contributed by atoms with Gasteiger partial charge in [-0.25, -0.2) is 0 Å². The zero-order valence-corrected chi connectivity index (χ0v) is 20.9. The van der Waals surface area contributed by atoms with Crippen LogP contribution in [0.25, 0.3) is 0 Å². The molecular weight excluding hydrogens is 450 g/mol. The number of esters is 1. The summed E-state index contributed by atoms with van der Waals surface area (Å²) < 4.78 is 4.89. The Morgan fingerprint density at radius 3 is 2.54 bits per heavy atom. The van der Waals surface area contributed by atoms with Crippen molar-refractivity contribution in [2.75, 3.05) is 13.2 Å². The SMILES string of the molecule is Cc1ccccc1CCC(O)CCC1/C(=N/O)CC(O)C1CCCCCCC(=O)OCC(O)CO. The quantitative estimate of drug-likeness (QED) is 0.103. The summed E-state index contributed by atoms with van der Waals surface area (Å²) in [7, 11) is 0. The van der Waals surface area contributed by atoms with E-state index in [2.05, 4.69) is 24.2 Å². The van der Waals surface area contributed by atoms with Crippen molar-refractivity contribution in [3.8, 4) is 0 Å². The van der Waals surface area contributed by atoms with Gasteiger partial charge in [0.1, 0.15) is 12.7 Å². The third-order valence-electron chi connectivity index (χ3n) is 7.12. The molecule has 1 fully saturated rings. The standard InChI is InChI=1S/C27H43NO7/c1-19-8-6-7-9-20(19)12-13-21(30)14-15-23-24(26(32)16-25(23)28-34)10-4-2-3-5-11-27(33)35-18-22(31)17-29/h6-9,21-24,26,29-32,34H,2-5,10-18H2,1H3/b28-25+. The number of aliphatic hydroxyl groups excluding tert-OH is 4. The Hall–Kier alpha value is -2.00. The maximum Gasteiger partial charge on any atom is 0.305 e. The Morgan fingerprint density at radius 1 is 1.09 bits per heavy atom. The minimum absolute atomic E-state index is 0.00871. The summed E-state index contributed by atoms with van der Waals surface area (Å²) in [4.78, 5) is 11.6. The minimum atomic E-state index is -1.04. The Balaban J connectivity index is 1.70. The number of benzene rings is 1. The molecule has 0 amide bonds. The van der Waals surface area contributed by atoms with Crippen LogP contribution in [0, 0.1) is 18.8 Å². The molecule has 2 rings (SSSR count). The molecule has 0 bridgehead atoms. The van der Waals surface area contributed by atoms with Gasteiger partial charge in [-0.1, -0.05) is 48.7 Å². The van der Waals surface area contributed by atoms with Gasteiger partial charge in [0.2, 0.25) is 0 Å². The van der Waals surface area contributed by atoms with E-state index in [0.29, 0.717) is 37.8 Å². The maximum absolute atomic E-state index is 11.6. The third-order valence-corrected chi connectivity index (χ3v) is 7.12. The van der Waals surface area contributed by atoms with Gasteiger partial charge in [-0.2, -0.15) is 0 Å². The van der Waals surface area contributed by atoms with Crippen LogP contribution in [-0.2, 0) is 16.0 Å². The van der Waals surface area contributed by atoms with Crippen LogP contribution in [0.2, 0.25) is 0 Å². The number of aryl methyl sites for hydroxylation is 2. The number of hydrogen-bond acceptors (Lipinski definition) is 8. The molecule has 198 valence electrons. The molecule has 5 atom stereocenters. The largest absolute Gasteiger partial charge is 0.463 e. The van der Waals surface area contributed by atoms with Gasteiger partial charge in [0.15, 0.2) is 0 Å². The summed E-state index contributed by atoms with van der Waals surface area (Å²) in [6.07, 6.45) is 5.55. The molecule has 0 heterocycles. The summed E-state index contributed by atoms with van der Waals surface area (Å²) >= 11 is 0. The summed E-state index contributed by atoms with van der Waals surface area (Å²) in [6, 6.07) is 8.19. The molecule has 5 unspecified atom stereocenters. The molecule has 1 aliphatic carbocycles. The lowest BCUT2D eigenvalue weighted by Gasteiger charge is -2.23. The van der Waals surface area contributed by atoms with E-state index in [4.69, 9.17) is 9.84 Å². The molecule has 0 aliphatic heterocycles. The van der Waals surface area contributed by atoms with Crippen LogP contribution in [0.4, 0.5) is 0 Å². The van der Waals surface area contributed by atoms with Crippen molar-refractivity contribution in [2.24, 2.45) is 17.0 Å². The first kappa shape index (κ1) is 29.2. The monoisotopic (exact) mass is 493 g/mol.